The lowest BCUT2D eigenvalue weighted by atomic mass is 10.3. The lowest BCUT2D eigenvalue weighted by Crippen LogP contribution is -2.27. The topological polar surface area (TPSA) is 71.1 Å². The maximum atomic E-state index is 12.1. The first kappa shape index (κ1) is 18.2. The molecule has 1 heterocycles. The molecule has 0 saturated carbocycles. The van der Waals surface area contributed by atoms with E-state index in [1.807, 2.05) is 0 Å². The molecule has 0 aliphatic rings. The van der Waals surface area contributed by atoms with Crippen LogP contribution in [0.3, 0.4) is 0 Å². The summed E-state index contributed by atoms with van der Waals surface area (Å²) in [6, 6.07) is 1.34. The van der Waals surface area contributed by atoms with Crippen LogP contribution in [-0.2, 0) is 10.0 Å². The van der Waals surface area contributed by atoms with E-state index in [4.69, 9.17) is 0 Å². The number of nitrogens with one attached hydrogen (secondary N) is 2. The summed E-state index contributed by atoms with van der Waals surface area (Å²) in [5, 5.41) is 2.79. The summed E-state index contributed by atoms with van der Waals surface area (Å²) >= 11 is 3.12. The van der Waals surface area contributed by atoms with Gasteiger partial charge in [0.05, 0.1) is 0 Å². The second kappa shape index (κ2) is 7.41. The highest BCUT2D eigenvalue weighted by Crippen LogP contribution is 2.23. The van der Waals surface area contributed by atoms with Gasteiger partial charge in [-0.2, -0.15) is 13.2 Å². The Morgan fingerprint density at radius 2 is 2.05 bits per heavy atom. The Morgan fingerprint density at radius 3 is 2.62 bits per heavy atom. The minimum absolute atomic E-state index is 0.106. The third kappa shape index (κ3) is 6.18. The molecule has 0 aliphatic carbocycles. The van der Waals surface area contributed by atoms with Crippen LogP contribution in [-0.4, -0.2) is 32.7 Å². The lowest BCUT2D eigenvalue weighted by molar-refractivity contribution is -0.135. The molecule has 0 saturated heterocycles. The summed E-state index contributed by atoms with van der Waals surface area (Å²) in [7, 11) is -3.93. The summed E-state index contributed by atoms with van der Waals surface area (Å²) in [5.41, 5.74) is 0. The first-order chi connectivity index (χ1) is 9.65. The van der Waals surface area contributed by atoms with E-state index < -0.39 is 22.6 Å². The minimum Gasteiger partial charge on any atom is -0.369 e. The molecule has 21 heavy (non-hydrogen) atoms. The third-order valence-electron chi connectivity index (χ3n) is 2.38. The van der Waals surface area contributed by atoms with Crippen LogP contribution in [0.5, 0.6) is 0 Å². The van der Waals surface area contributed by atoms with E-state index in [1.54, 1.807) is 6.92 Å². The number of aromatic nitrogens is 1. The van der Waals surface area contributed by atoms with Crippen LogP contribution in [0.1, 0.15) is 19.8 Å². The lowest BCUT2D eigenvalue weighted by Gasteiger charge is -2.12. The number of nitrogens with zero attached hydrogens (tertiary/aromatic N) is 1. The Balaban J connectivity index is 2.80. The summed E-state index contributed by atoms with van der Waals surface area (Å²) in [6.07, 6.45) is -4.22. The zero-order valence-corrected chi connectivity index (χ0v) is 13.6. The van der Waals surface area contributed by atoms with Crippen molar-refractivity contribution in [3.63, 3.8) is 0 Å². The first-order valence-electron chi connectivity index (χ1n) is 6.11. The van der Waals surface area contributed by atoms with Crippen molar-refractivity contribution in [2.24, 2.45) is 0 Å². The fourth-order valence-electron chi connectivity index (χ4n) is 1.50. The van der Waals surface area contributed by atoms with Crippen LogP contribution in [0.15, 0.2) is 21.6 Å². The van der Waals surface area contributed by atoms with Crippen molar-refractivity contribution < 1.29 is 21.6 Å². The molecule has 0 aliphatic heterocycles. The van der Waals surface area contributed by atoms with Gasteiger partial charge in [0.1, 0.15) is 10.7 Å². The first-order valence-corrected chi connectivity index (χ1v) is 8.39. The number of anilines is 1. The molecule has 120 valence electrons. The van der Waals surface area contributed by atoms with E-state index in [0.717, 1.165) is 0 Å². The van der Waals surface area contributed by atoms with E-state index in [0.29, 0.717) is 11.0 Å². The molecule has 0 atom stereocenters. The van der Waals surface area contributed by atoms with Gasteiger partial charge in [-0.1, -0.05) is 0 Å². The molecule has 1 aromatic heterocycles. The molecule has 1 aromatic rings. The molecule has 0 radical (unpaired) electrons. The van der Waals surface area contributed by atoms with Crippen molar-refractivity contribution in [1.82, 2.24) is 9.71 Å². The van der Waals surface area contributed by atoms with Crippen molar-refractivity contribution in [1.29, 1.82) is 0 Å². The maximum absolute atomic E-state index is 12.1. The van der Waals surface area contributed by atoms with Gasteiger partial charge in [0.15, 0.2) is 0 Å². The molecule has 0 spiro atoms. The number of alkyl halides is 3. The number of hydrogen-bond donors (Lipinski definition) is 2. The van der Waals surface area contributed by atoms with Gasteiger partial charge in [-0.25, -0.2) is 18.1 Å². The number of hydrogen-bond acceptors (Lipinski definition) is 4. The quantitative estimate of drug-likeness (QED) is 0.703. The van der Waals surface area contributed by atoms with Gasteiger partial charge in [-0.3, -0.25) is 0 Å². The second-order valence-corrected chi connectivity index (χ2v) is 6.80. The fourth-order valence-corrected chi connectivity index (χ4v) is 3.21. The average Bonchev–Trinajstić information content (AvgIpc) is 2.36. The molecular formula is C11H15BrF3N3O2S. The largest absolute Gasteiger partial charge is 0.389 e. The van der Waals surface area contributed by atoms with Gasteiger partial charge in [-0.15, -0.1) is 0 Å². The molecular weight excluding hydrogens is 375 g/mol. The highest BCUT2D eigenvalue weighted by molar-refractivity contribution is 9.10. The predicted molar refractivity (Wildman–Crippen MR) is 76.6 cm³/mol. The average molecular weight is 390 g/mol. The van der Waals surface area contributed by atoms with Gasteiger partial charge in [0.25, 0.3) is 0 Å². The van der Waals surface area contributed by atoms with Crippen LogP contribution in [0.25, 0.3) is 0 Å². The molecule has 0 unspecified atom stereocenters. The van der Waals surface area contributed by atoms with E-state index in [9.17, 15) is 21.6 Å². The highest BCUT2D eigenvalue weighted by Gasteiger charge is 2.27. The van der Waals surface area contributed by atoms with E-state index in [-0.39, 0.29) is 23.7 Å². The molecule has 0 amide bonds. The van der Waals surface area contributed by atoms with Crippen molar-refractivity contribution in [2.45, 2.75) is 30.8 Å². The second-order valence-electron chi connectivity index (χ2n) is 4.15. The number of rotatable bonds is 7. The maximum Gasteiger partial charge on any atom is 0.389 e. The minimum atomic E-state index is -4.29. The van der Waals surface area contributed by atoms with Crippen molar-refractivity contribution in [3.05, 3.63) is 16.7 Å². The Kier molecular flexibility index (Phi) is 6.41. The van der Waals surface area contributed by atoms with Gasteiger partial charge in [0.2, 0.25) is 10.0 Å². The summed E-state index contributed by atoms with van der Waals surface area (Å²) in [6.45, 7) is 1.95. The van der Waals surface area contributed by atoms with Gasteiger partial charge in [0, 0.05) is 30.2 Å². The smallest absolute Gasteiger partial charge is 0.369 e. The monoisotopic (exact) mass is 389 g/mol. The Labute approximate surface area is 129 Å². The zero-order chi connectivity index (χ0) is 16.1. The standard InChI is InChI=1S/C11H15BrF3N3O2S/c1-2-16-10-9(6-8(12)7-17-10)21(19,20)18-5-3-4-11(13,14)15/h6-7,18H,2-5H2,1H3,(H,16,17). The van der Waals surface area contributed by atoms with Crippen LogP contribution in [0, 0.1) is 0 Å². The van der Waals surface area contributed by atoms with Crippen molar-refractivity contribution >= 4 is 31.8 Å². The number of pyridine rings is 1. The predicted octanol–water partition coefficient (Wildman–Crippen LogP) is 2.90. The molecule has 1 rings (SSSR count). The van der Waals surface area contributed by atoms with Crippen LogP contribution in [0.2, 0.25) is 0 Å². The van der Waals surface area contributed by atoms with E-state index in [1.165, 1.54) is 12.3 Å². The van der Waals surface area contributed by atoms with Gasteiger partial charge in [-0.05, 0) is 35.3 Å². The molecule has 0 aromatic carbocycles. The van der Waals surface area contributed by atoms with Crippen LogP contribution in [0.4, 0.5) is 19.0 Å². The molecule has 5 nitrogen and oxygen atoms in total. The van der Waals surface area contributed by atoms with Crippen molar-refractivity contribution in [3.8, 4) is 0 Å². The zero-order valence-electron chi connectivity index (χ0n) is 11.2. The van der Waals surface area contributed by atoms with Crippen LogP contribution < -0.4 is 10.0 Å². The molecule has 0 fully saturated rings. The normalized spacial score (nSPS) is 12.4. The van der Waals surface area contributed by atoms with Gasteiger partial charge >= 0.3 is 6.18 Å². The molecule has 10 heteroatoms. The fraction of sp³-hybridized carbons (Fsp3) is 0.545. The highest BCUT2D eigenvalue weighted by atomic mass is 79.9. The van der Waals surface area contributed by atoms with Crippen molar-refractivity contribution in [2.75, 3.05) is 18.4 Å². The van der Waals surface area contributed by atoms with Gasteiger partial charge < -0.3 is 5.32 Å². The van der Waals surface area contributed by atoms with E-state index in [2.05, 4.69) is 31.0 Å². The number of halogens is 4. The Bertz CT molecular complexity index is 579. The van der Waals surface area contributed by atoms with E-state index >= 15 is 0 Å². The number of sulfonamides is 1. The van der Waals surface area contributed by atoms with Crippen LogP contribution >= 0.6 is 15.9 Å². The summed E-state index contributed by atoms with van der Waals surface area (Å²) in [4.78, 5) is 3.84. The molecule has 0 bridgehead atoms. The SMILES string of the molecule is CCNc1ncc(Br)cc1S(=O)(=O)NCCCC(F)(F)F. The summed E-state index contributed by atoms with van der Waals surface area (Å²) < 4.78 is 62.9. The Morgan fingerprint density at radius 1 is 1.38 bits per heavy atom. The Hall–Kier alpha value is -0.870. The summed E-state index contributed by atoms with van der Waals surface area (Å²) in [5.74, 6) is 0.157. The third-order valence-corrected chi connectivity index (χ3v) is 4.29. The molecule has 2 N–H and O–H groups in total.